The van der Waals surface area contributed by atoms with Crippen LogP contribution in [0.1, 0.15) is 12.0 Å². The van der Waals surface area contributed by atoms with Crippen LogP contribution in [0.25, 0.3) is 0 Å². The van der Waals surface area contributed by atoms with Crippen molar-refractivity contribution in [2.75, 3.05) is 13.7 Å². The molecule has 0 spiro atoms. The smallest absolute Gasteiger partial charge is 0.396 e. The van der Waals surface area contributed by atoms with E-state index < -0.39 is 11.9 Å². The fourth-order valence-corrected chi connectivity index (χ4v) is 1.30. The zero-order valence-corrected chi connectivity index (χ0v) is 9.23. The fourth-order valence-electron chi connectivity index (χ4n) is 1.30. The van der Waals surface area contributed by atoms with Crippen LogP contribution in [0.4, 0.5) is 0 Å². The summed E-state index contributed by atoms with van der Waals surface area (Å²) in [5, 5.41) is 2.49. The van der Waals surface area contributed by atoms with Crippen molar-refractivity contribution < 1.29 is 14.3 Å². The second kappa shape index (κ2) is 6.61. The predicted molar refractivity (Wildman–Crippen MR) is 59.8 cm³/mol. The van der Waals surface area contributed by atoms with Gasteiger partial charge in [0.25, 0.3) is 0 Å². The van der Waals surface area contributed by atoms with Crippen molar-refractivity contribution in [1.82, 2.24) is 5.32 Å². The Balaban J connectivity index is 2.17. The molecule has 1 aromatic rings. The summed E-state index contributed by atoms with van der Waals surface area (Å²) in [5.41, 5.74) is 1.22. The zero-order valence-electron chi connectivity index (χ0n) is 9.23. The largest absolute Gasteiger partial charge is 0.462 e. The molecule has 1 N–H and O–H groups in total. The highest BCUT2D eigenvalue weighted by atomic mass is 16.5. The van der Waals surface area contributed by atoms with Crippen LogP contribution >= 0.6 is 0 Å². The highest BCUT2D eigenvalue weighted by Crippen LogP contribution is 2.01. The third-order valence-corrected chi connectivity index (χ3v) is 2.14. The summed E-state index contributed by atoms with van der Waals surface area (Å²) in [7, 11) is 1.19. The molecule has 0 saturated heterocycles. The Bertz CT molecular complexity index is 349. The van der Waals surface area contributed by atoms with Crippen LogP contribution < -0.4 is 5.32 Å². The van der Waals surface area contributed by atoms with Crippen LogP contribution in [0, 0.1) is 0 Å². The first-order chi connectivity index (χ1) is 7.74. The second-order valence-electron chi connectivity index (χ2n) is 3.34. The van der Waals surface area contributed by atoms with Gasteiger partial charge in [-0.25, -0.2) is 4.79 Å². The van der Waals surface area contributed by atoms with Gasteiger partial charge in [-0.05, 0) is 18.4 Å². The summed E-state index contributed by atoms with van der Waals surface area (Å²) < 4.78 is 4.28. The van der Waals surface area contributed by atoms with E-state index in [9.17, 15) is 9.59 Å². The lowest BCUT2D eigenvalue weighted by atomic mass is 10.1. The average Bonchev–Trinajstić information content (AvgIpc) is 2.34. The highest BCUT2D eigenvalue weighted by molar-refractivity contribution is 6.32. The maximum Gasteiger partial charge on any atom is 0.396 e. The summed E-state index contributed by atoms with van der Waals surface area (Å²) in [6, 6.07) is 9.97. The summed E-state index contributed by atoms with van der Waals surface area (Å²) in [4.78, 5) is 21.7. The van der Waals surface area contributed by atoms with Crippen LogP contribution in [0.2, 0.25) is 0 Å². The van der Waals surface area contributed by atoms with Crippen LogP contribution in [0.15, 0.2) is 30.3 Å². The minimum absolute atomic E-state index is 0.475. The number of rotatable bonds is 4. The molecule has 0 fully saturated rings. The Morgan fingerprint density at radius 1 is 1.25 bits per heavy atom. The van der Waals surface area contributed by atoms with Crippen LogP contribution in [-0.4, -0.2) is 25.5 Å². The van der Waals surface area contributed by atoms with Crippen LogP contribution in [0.5, 0.6) is 0 Å². The number of amides is 1. The SMILES string of the molecule is COC(=O)C(=O)NCCCc1ccccc1. The maximum absolute atomic E-state index is 11.0. The Kier molecular flexibility index (Phi) is 5.05. The molecule has 0 aliphatic heterocycles. The van der Waals surface area contributed by atoms with E-state index in [1.54, 1.807) is 0 Å². The summed E-state index contributed by atoms with van der Waals surface area (Å²) in [6.45, 7) is 0.475. The van der Waals surface area contributed by atoms with Gasteiger partial charge in [0.2, 0.25) is 0 Å². The molecule has 0 unspecified atom stereocenters. The van der Waals surface area contributed by atoms with Crippen molar-refractivity contribution in [2.45, 2.75) is 12.8 Å². The van der Waals surface area contributed by atoms with Gasteiger partial charge >= 0.3 is 11.9 Å². The number of ether oxygens (including phenoxy) is 1. The lowest BCUT2D eigenvalue weighted by molar-refractivity contribution is -0.152. The van der Waals surface area contributed by atoms with Gasteiger partial charge in [-0.2, -0.15) is 0 Å². The maximum atomic E-state index is 11.0. The number of aryl methyl sites for hydroxylation is 1. The molecule has 0 atom stereocenters. The molecule has 1 aromatic carbocycles. The number of hydrogen-bond donors (Lipinski definition) is 1. The van der Waals surface area contributed by atoms with E-state index in [1.165, 1.54) is 12.7 Å². The third kappa shape index (κ3) is 4.13. The number of nitrogens with one attached hydrogen (secondary N) is 1. The molecule has 1 amide bonds. The normalized spacial score (nSPS) is 9.56. The van der Waals surface area contributed by atoms with Crippen molar-refractivity contribution >= 4 is 11.9 Å². The van der Waals surface area contributed by atoms with E-state index in [1.807, 2.05) is 30.3 Å². The molecule has 0 aliphatic carbocycles. The summed E-state index contributed by atoms with van der Waals surface area (Å²) in [6.07, 6.45) is 1.68. The Morgan fingerprint density at radius 3 is 2.56 bits per heavy atom. The quantitative estimate of drug-likeness (QED) is 0.467. The molecule has 86 valence electrons. The molecule has 0 aromatic heterocycles. The molecule has 4 nitrogen and oxygen atoms in total. The van der Waals surface area contributed by atoms with Crippen molar-refractivity contribution in [2.24, 2.45) is 0 Å². The first-order valence-corrected chi connectivity index (χ1v) is 5.14. The molecule has 1 rings (SSSR count). The van der Waals surface area contributed by atoms with E-state index in [0.717, 1.165) is 12.8 Å². The minimum atomic E-state index is -0.847. The summed E-state index contributed by atoms with van der Waals surface area (Å²) >= 11 is 0. The van der Waals surface area contributed by atoms with E-state index in [-0.39, 0.29) is 0 Å². The number of esters is 1. The first kappa shape index (κ1) is 12.2. The van der Waals surface area contributed by atoms with E-state index >= 15 is 0 Å². The second-order valence-corrected chi connectivity index (χ2v) is 3.34. The average molecular weight is 221 g/mol. The van der Waals surface area contributed by atoms with Gasteiger partial charge in [-0.15, -0.1) is 0 Å². The Hall–Kier alpha value is -1.84. The number of carbonyl (C=O) groups is 2. The van der Waals surface area contributed by atoms with Gasteiger partial charge in [-0.3, -0.25) is 4.79 Å². The monoisotopic (exact) mass is 221 g/mol. The molecule has 16 heavy (non-hydrogen) atoms. The first-order valence-electron chi connectivity index (χ1n) is 5.14. The van der Waals surface area contributed by atoms with E-state index in [0.29, 0.717) is 6.54 Å². The van der Waals surface area contributed by atoms with Gasteiger partial charge in [0.05, 0.1) is 7.11 Å². The fraction of sp³-hybridized carbons (Fsp3) is 0.333. The molecule has 4 heteroatoms. The lowest BCUT2D eigenvalue weighted by Crippen LogP contribution is -2.32. The van der Waals surface area contributed by atoms with Gasteiger partial charge < -0.3 is 10.1 Å². The van der Waals surface area contributed by atoms with Gasteiger partial charge in [-0.1, -0.05) is 30.3 Å². The molecular formula is C12H15NO3. The molecule has 0 bridgehead atoms. The van der Waals surface area contributed by atoms with Crippen molar-refractivity contribution in [3.63, 3.8) is 0 Å². The standard InChI is InChI=1S/C12H15NO3/c1-16-12(15)11(14)13-9-5-8-10-6-3-2-4-7-10/h2-4,6-7H,5,8-9H2,1H3,(H,13,14). The Morgan fingerprint density at radius 2 is 1.94 bits per heavy atom. The van der Waals surface area contributed by atoms with E-state index in [2.05, 4.69) is 10.1 Å². The highest BCUT2D eigenvalue weighted by Gasteiger charge is 2.11. The molecule has 0 saturated carbocycles. The van der Waals surface area contributed by atoms with Crippen LogP contribution in [-0.2, 0) is 20.7 Å². The lowest BCUT2D eigenvalue weighted by Gasteiger charge is -2.03. The zero-order chi connectivity index (χ0) is 11.8. The minimum Gasteiger partial charge on any atom is -0.462 e. The molecule has 0 aliphatic rings. The topological polar surface area (TPSA) is 55.4 Å². The molecular weight excluding hydrogens is 206 g/mol. The van der Waals surface area contributed by atoms with E-state index in [4.69, 9.17) is 0 Å². The number of hydrogen-bond acceptors (Lipinski definition) is 3. The predicted octanol–water partition coefficient (Wildman–Crippen LogP) is 0.908. The van der Waals surface area contributed by atoms with Gasteiger partial charge in [0, 0.05) is 6.54 Å². The third-order valence-electron chi connectivity index (χ3n) is 2.14. The Labute approximate surface area is 94.6 Å². The summed E-state index contributed by atoms with van der Waals surface area (Å²) in [5.74, 6) is -1.53. The van der Waals surface area contributed by atoms with Crippen molar-refractivity contribution in [3.05, 3.63) is 35.9 Å². The number of benzene rings is 1. The van der Waals surface area contributed by atoms with Gasteiger partial charge in [0.1, 0.15) is 0 Å². The number of carbonyl (C=O) groups excluding carboxylic acids is 2. The van der Waals surface area contributed by atoms with Crippen molar-refractivity contribution in [3.8, 4) is 0 Å². The molecule has 0 heterocycles. The van der Waals surface area contributed by atoms with Crippen LogP contribution in [0.3, 0.4) is 0 Å². The van der Waals surface area contributed by atoms with Gasteiger partial charge in [0.15, 0.2) is 0 Å². The molecule has 0 radical (unpaired) electrons. The van der Waals surface area contributed by atoms with Crippen molar-refractivity contribution in [1.29, 1.82) is 0 Å². The number of methoxy groups -OCH3 is 1.